The lowest BCUT2D eigenvalue weighted by atomic mass is 10.1. The number of esters is 1. The molecular weight excluding hydrogens is 376 g/mol. The van der Waals surface area contributed by atoms with Crippen LogP contribution in [0.3, 0.4) is 0 Å². The number of ether oxygens (including phenoxy) is 1. The smallest absolute Gasteiger partial charge is 0.332 e. The molecule has 6 nitrogen and oxygen atoms in total. The highest BCUT2D eigenvalue weighted by Crippen LogP contribution is 2.33. The molecule has 1 aliphatic rings. The fourth-order valence-corrected chi connectivity index (χ4v) is 5.20. The van der Waals surface area contributed by atoms with Crippen LogP contribution in [-0.2, 0) is 35.5 Å². The number of carbonyl (C=O) groups excluding carboxylic acids is 1. The molecule has 0 N–H and O–H groups in total. The molecule has 0 saturated carbocycles. The van der Waals surface area contributed by atoms with E-state index in [0.29, 0.717) is 10.2 Å². The van der Waals surface area contributed by atoms with Crippen molar-refractivity contribution in [2.75, 3.05) is 7.11 Å². The van der Waals surface area contributed by atoms with Crippen LogP contribution in [0.25, 0.3) is 10.2 Å². The number of aryl methyl sites for hydroxylation is 2. The quantitative estimate of drug-likeness (QED) is 0.501. The van der Waals surface area contributed by atoms with Crippen molar-refractivity contribution >= 4 is 27.5 Å². The summed E-state index contributed by atoms with van der Waals surface area (Å²) in [4.78, 5) is 40.2. The Balaban J connectivity index is 1.98. The predicted octanol–water partition coefficient (Wildman–Crippen LogP) is 2.71. The number of rotatable bonds is 4. The monoisotopic (exact) mass is 398 g/mol. The van der Waals surface area contributed by atoms with Crippen LogP contribution >= 0.6 is 11.3 Å². The molecule has 2 aromatic heterocycles. The van der Waals surface area contributed by atoms with Crippen molar-refractivity contribution in [2.45, 2.75) is 45.2 Å². The molecule has 28 heavy (non-hydrogen) atoms. The molecule has 0 bridgehead atoms. The molecule has 4 rings (SSSR count). The minimum atomic E-state index is -0.503. The van der Waals surface area contributed by atoms with Gasteiger partial charge in [0.2, 0.25) is 0 Å². The van der Waals surface area contributed by atoms with Crippen molar-refractivity contribution < 1.29 is 9.53 Å². The van der Waals surface area contributed by atoms with Crippen molar-refractivity contribution in [1.82, 2.24) is 9.13 Å². The number of hydrogen-bond acceptors (Lipinski definition) is 5. The average Bonchev–Trinajstić information content (AvgIpc) is 2.91. The van der Waals surface area contributed by atoms with Gasteiger partial charge in [-0.15, -0.1) is 11.3 Å². The van der Waals surface area contributed by atoms with Crippen molar-refractivity contribution in [2.24, 2.45) is 0 Å². The maximum absolute atomic E-state index is 13.3. The maximum Gasteiger partial charge on any atom is 0.332 e. The lowest BCUT2D eigenvalue weighted by Gasteiger charge is -2.12. The average molecular weight is 398 g/mol. The van der Waals surface area contributed by atoms with Crippen LogP contribution in [0.2, 0.25) is 0 Å². The molecule has 7 heteroatoms. The molecule has 1 aliphatic carbocycles. The van der Waals surface area contributed by atoms with Gasteiger partial charge in [0.1, 0.15) is 11.4 Å². The van der Waals surface area contributed by atoms with E-state index >= 15 is 0 Å². The van der Waals surface area contributed by atoms with Crippen molar-refractivity contribution in [3.63, 3.8) is 0 Å². The van der Waals surface area contributed by atoms with Crippen LogP contribution in [0, 0.1) is 0 Å². The summed E-state index contributed by atoms with van der Waals surface area (Å²) in [5.41, 5.74) is 1.20. The Labute approximate surface area is 166 Å². The summed E-state index contributed by atoms with van der Waals surface area (Å²) in [7, 11) is 1.30. The summed E-state index contributed by atoms with van der Waals surface area (Å²) in [6.07, 6.45) is 5.01. The molecular formula is C21H22N2O4S. The largest absolute Gasteiger partial charge is 0.468 e. The lowest BCUT2D eigenvalue weighted by Crippen LogP contribution is -2.41. The van der Waals surface area contributed by atoms with Crippen LogP contribution < -0.4 is 11.2 Å². The van der Waals surface area contributed by atoms with E-state index in [-0.39, 0.29) is 18.6 Å². The van der Waals surface area contributed by atoms with Crippen LogP contribution in [0.1, 0.15) is 35.3 Å². The van der Waals surface area contributed by atoms with E-state index in [1.54, 1.807) is 0 Å². The predicted molar refractivity (Wildman–Crippen MR) is 109 cm³/mol. The highest BCUT2D eigenvalue weighted by atomic mass is 32.1. The Kier molecular flexibility index (Phi) is 5.17. The van der Waals surface area contributed by atoms with E-state index in [0.717, 1.165) is 43.2 Å². The first kappa shape index (κ1) is 18.7. The molecule has 0 atom stereocenters. The molecule has 0 saturated heterocycles. The van der Waals surface area contributed by atoms with Crippen LogP contribution in [0.4, 0.5) is 0 Å². The van der Waals surface area contributed by atoms with Crippen LogP contribution in [0.15, 0.2) is 39.9 Å². The Bertz CT molecular complexity index is 1140. The number of methoxy groups -OCH3 is 1. The first-order valence-electron chi connectivity index (χ1n) is 9.48. The first-order valence-corrected chi connectivity index (χ1v) is 10.3. The highest BCUT2D eigenvalue weighted by Gasteiger charge is 2.24. The van der Waals surface area contributed by atoms with Gasteiger partial charge in [-0.2, -0.15) is 0 Å². The zero-order valence-electron chi connectivity index (χ0n) is 15.8. The van der Waals surface area contributed by atoms with Gasteiger partial charge in [0.25, 0.3) is 5.56 Å². The van der Waals surface area contributed by atoms with Gasteiger partial charge in [0.05, 0.1) is 19.0 Å². The van der Waals surface area contributed by atoms with Gasteiger partial charge >= 0.3 is 11.7 Å². The molecule has 0 radical (unpaired) electrons. The minimum absolute atomic E-state index is 0.181. The van der Waals surface area contributed by atoms with Crippen molar-refractivity contribution in [1.29, 1.82) is 0 Å². The zero-order valence-corrected chi connectivity index (χ0v) is 16.6. The Hall–Kier alpha value is -2.67. The van der Waals surface area contributed by atoms with Gasteiger partial charge in [0, 0.05) is 4.88 Å². The van der Waals surface area contributed by atoms with Crippen molar-refractivity contribution in [3.05, 3.63) is 67.2 Å². The molecule has 0 unspecified atom stereocenters. The fraction of sp³-hybridized carbons (Fsp3) is 0.381. The van der Waals surface area contributed by atoms with Crippen molar-refractivity contribution in [3.8, 4) is 0 Å². The van der Waals surface area contributed by atoms with E-state index in [9.17, 15) is 14.4 Å². The lowest BCUT2D eigenvalue weighted by molar-refractivity contribution is -0.141. The molecule has 0 aliphatic heterocycles. The molecule has 1 aromatic carbocycles. The van der Waals surface area contributed by atoms with E-state index < -0.39 is 11.7 Å². The number of hydrogen-bond donors (Lipinski definition) is 0. The maximum atomic E-state index is 13.3. The molecule has 0 fully saturated rings. The Morgan fingerprint density at radius 3 is 2.57 bits per heavy atom. The van der Waals surface area contributed by atoms with E-state index in [2.05, 4.69) is 0 Å². The van der Waals surface area contributed by atoms with Gasteiger partial charge < -0.3 is 4.74 Å². The van der Waals surface area contributed by atoms with E-state index in [1.165, 1.54) is 32.5 Å². The number of thiophene rings is 1. The number of benzene rings is 1. The summed E-state index contributed by atoms with van der Waals surface area (Å²) in [5.74, 6) is -0.503. The second kappa shape index (κ2) is 7.75. The molecule has 146 valence electrons. The highest BCUT2D eigenvalue weighted by molar-refractivity contribution is 7.18. The van der Waals surface area contributed by atoms with Gasteiger partial charge in [0.15, 0.2) is 0 Å². The van der Waals surface area contributed by atoms with Gasteiger partial charge in [-0.05, 0) is 36.8 Å². The Morgan fingerprint density at radius 2 is 1.82 bits per heavy atom. The third-order valence-electron chi connectivity index (χ3n) is 5.27. The van der Waals surface area contributed by atoms with Gasteiger partial charge in [-0.1, -0.05) is 36.8 Å². The second-order valence-corrected chi connectivity index (χ2v) is 8.15. The molecule has 0 amide bonds. The molecule has 3 aromatic rings. The SMILES string of the molecule is COC(=O)Cn1c(=O)n(Cc2ccccc2)c(=O)c2c3c(sc21)CCCCC3. The fourth-order valence-electron chi connectivity index (χ4n) is 3.83. The number of aromatic nitrogens is 2. The summed E-state index contributed by atoms with van der Waals surface area (Å²) in [6, 6.07) is 9.42. The topological polar surface area (TPSA) is 70.3 Å². The van der Waals surface area contributed by atoms with Gasteiger partial charge in [-0.25, -0.2) is 4.79 Å². The summed E-state index contributed by atoms with van der Waals surface area (Å²) < 4.78 is 7.44. The normalized spacial score (nSPS) is 13.9. The summed E-state index contributed by atoms with van der Waals surface area (Å²) in [6.45, 7) is -0.0134. The number of carbonyl (C=O) groups is 1. The first-order chi connectivity index (χ1) is 13.6. The number of nitrogens with zero attached hydrogens (tertiary/aromatic N) is 2. The third kappa shape index (κ3) is 3.30. The molecule has 0 spiro atoms. The minimum Gasteiger partial charge on any atom is -0.468 e. The van der Waals surface area contributed by atoms with E-state index in [4.69, 9.17) is 4.74 Å². The van der Waals surface area contributed by atoms with E-state index in [1.807, 2.05) is 30.3 Å². The third-order valence-corrected chi connectivity index (χ3v) is 6.58. The van der Waals surface area contributed by atoms with Gasteiger partial charge in [-0.3, -0.25) is 18.7 Å². The second-order valence-electron chi connectivity index (χ2n) is 7.07. The summed E-state index contributed by atoms with van der Waals surface area (Å²) in [5, 5.41) is 0.598. The standard InChI is InChI=1S/C21H22N2O4S/c1-27-17(24)13-23-20-18(15-10-6-3-7-11-16(15)28-20)19(25)22(21(23)26)12-14-8-4-2-5-9-14/h2,4-5,8-9H,3,6-7,10-13H2,1H3. The van der Waals surface area contributed by atoms with Crippen LogP contribution in [-0.4, -0.2) is 22.2 Å². The van der Waals surface area contributed by atoms with Crippen LogP contribution in [0.5, 0.6) is 0 Å². The summed E-state index contributed by atoms with van der Waals surface area (Å²) >= 11 is 1.48. The Morgan fingerprint density at radius 1 is 1.07 bits per heavy atom. The zero-order chi connectivity index (χ0) is 19.7. The molecule has 2 heterocycles. The number of fused-ring (bicyclic) bond motifs is 3.